The van der Waals surface area contributed by atoms with E-state index in [0.717, 1.165) is 34.4 Å². The third-order valence-corrected chi connectivity index (χ3v) is 4.71. The Bertz CT molecular complexity index is 875. The van der Waals surface area contributed by atoms with Crippen molar-refractivity contribution in [2.24, 2.45) is 0 Å². The summed E-state index contributed by atoms with van der Waals surface area (Å²) in [5.41, 5.74) is 6.77. The third-order valence-electron chi connectivity index (χ3n) is 4.71. The molecule has 0 saturated heterocycles. The van der Waals surface area contributed by atoms with E-state index in [1.54, 1.807) is 6.08 Å². The standard InChI is InChI=1S/C25H31N3/c1-7-9-11-22(18-28(6)19(3)4)24-15-23(16-27-17-24)20-12-13-25(26-5)21(14-20)10-8-2/h7-9,11-19,26H,1-2,10H2,3-6H3/b11-9-,22-18+. The largest absolute Gasteiger partial charge is 0.388 e. The quantitative estimate of drug-likeness (QED) is 0.435. The number of nitrogens with one attached hydrogen (secondary N) is 1. The summed E-state index contributed by atoms with van der Waals surface area (Å²) < 4.78 is 0. The molecule has 3 nitrogen and oxygen atoms in total. The van der Waals surface area contributed by atoms with Crippen LogP contribution >= 0.6 is 0 Å². The molecule has 0 atom stereocenters. The number of rotatable bonds is 9. The van der Waals surface area contributed by atoms with Crippen molar-refractivity contribution in [1.29, 1.82) is 0 Å². The van der Waals surface area contributed by atoms with Gasteiger partial charge in [0.2, 0.25) is 0 Å². The maximum atomic E-state index is 4.51. The van der Waals surface area contributed by atoms with E-state index >= 15 is 0 Å². The molecule has 3 heteroatoms. The summed E-state index contributed by atoms with van der Waals surface area (Å²) in [6.07, 6.45) is 14.5. The summed E-state index contributed by atoms with van der Waals surface area (Å²) in [4.78, 5) is 6.70. The van der Waals surface area contributed by atoms with Crippen molar-refractivity contribution in [3.05, 3.63) is 91.4 Å². The van der Waals surface area contributed by atoms with Crippen molar-refractivity contribution in [2.75, 3.05) is 19.4 Å². The summed E-state index contributed by atoms with van der Waals surface area (Å²) in [7, 11) is 4.03. The fraction of sp³-hybridized carbons (Fsp3) is 0.240. The lowest BCUT2D eigenvalue weighted by atomic mass is 9.98. The zero-order valence-electron chi connectivity index (χ0n) is 17.4. The second-order valence-electron chi connectivity index (χ2n) is 7.02. The molecule has 1 aromatic heterocycles. The first-order valence-electron chi connectivity index (χ1n) is 9.60. The van der Waals surface area contributed by atoms with Crippen molar-refractivity contribution in [2.45, 2.75) is 26.3 Å². The lowest BCUT2D eigenvalue weighted by molar-refractivity contribution is 0.377. The first-order valence-corrected chi connectivity index (χ1v) is 9.60. The van der Waals surface area contributed by atoms with E-state index in [9.17, 15) is 0 Å². The van der Waals surface area contributed by atoms with Crippen molar-refractivity contribution in [1.82, 2.24) is 9.88 Å². The Morgan fingerprint density at radius 1 is 1.18 bits per heavy atom. The summed E-state index contributed by atoms with van der Waals surface area (Å²) >= 11 is 0. The van der Waals surface area contributed by atoms with Gasteiger partial charge >= 0.3 is 0 Å². The number of allylic oxidation sites excluding steroid dienone is 5. The fourth-order valence-corrected chi connectivity index (χ4v) is 2.85. The van der Waals surface area contributed by atoms with Gasteiger partial charge in [-0.2, -0.15) is 0 Å². The summed E-state index contributed by atoms with van der Waals surface area (Å²) in [6.45, 7) is 12.0. The monoisotopic (exact) mass is 373 g/mol. The Labute approximate surface area is 169 Å². The van der Waals surface area contributed by atoms with Gasteiger partial charge in [0.05, 0.1) is 0 Å². The summed E-state index contributed by atoms with van der Waals surface area (Å²) in [5, 5.41) is 3.25. The van der Waals surface area contributed by atoms with E-state index in [1.165, 1.54) is 5.56 Å². The highest BCUT2D eigenvalue weighted by molar-refractivity contribution is 5.77. The molecule has 2 rings (SSSR count). The van der Waals surface area contributed by atoms with Crippen molar-refractivity contribution >= 4 is 11.3 Å². The maximum absolute atomic E-state index is 4.51. The van der Waals surface area contributed by atoms with Gasteiger partial charge in [0.1, 0.15) is 0 Å². The first kappa shape index (κ1) is 21.2. The van der Waals surface area contributed by atoms with Gasteiger partial charge in [-0.25, -0.2) is 0 Å². The molecule has 0 saturated carbocycles. The van der Waals surface area contributed by atoms with Crippen LogP contribution in [0.3, 0.4) is 0 Å². The molecule has 1 N–H and O–H groups in total. The minimum Gasteiger partial charge on any atom is -0.388 e. The molecule has 146 valence electrons. The van der Waals surface area contributed by atoms with Gasteiger partial charge in [0.25, 0.3) is 0 Å². The van der Waals surface area contributed by atoms with Gasteiger partial charge < -0.3 is 10.2 Å². The molecule has 1 aromatic carbocycles. The van der Waals surface area contributed by atoms with Gasteiger partial charge in [-0.05, 0) is 55.2 Å². The Hall–Kier alpha value is -3.07. The average Bonchev–Trinajstić information content (AvgIpc) is 2.71. The molecule has 0 fully saturated rings. The highest BCUT2D eigenvalue weighted by Crippen LogP contribution is 2.28. The molecular formula is C25H31N3. The maximum Gasteiger partial charge on any atom is 0.0373 e. The zero-order valence-corrected chi connectivity index (χ0v) is 17.4. The van der Waals surface area contributed by atoms with Gasteiger partial charge in [-0.3, -0.25) is 4.98 Å². The number of hydrogen-bond acceptors (Lipinski definition) is 3. The molecular weight excluding hydrogens is 342 g/mol. The second-order valence-corrected chi connectivity index (χ2v) is 7.02. The molecule has 0 unspecified atom stereocenters. The molecule has 2 aromatic rings. The van der Waals surface area contributed by atoms with Crippen LogP contribution in [0.5, 0.6) is 0 Å². The lowest BCUT2D eigenvalue weighted by Crippen LogP contribution is -2.20. The zero-order chi connectivity index (χ0) is 20.5. The van der Waals surface area contributed by atoms with Crippen LogP contribution in [-0.4, -0.2) is 30.0 Å². The smallest absolute Gasteiger partial charge is 0.0373 e. The van der Waals surface area contributed by atoms with E-state index in [0.29, 0.717) is 6.04 Å². The molecule has 0 amide bonds. The Balaban J connectivity index is 2.49. The highest BCUT2D eigenvalue weighted by atomic mass is 15.1. The highest BCUT2D eigenvalue weighted by Gasteiger charge is 2.08. The van der Waals surface area contributed by atoms with Crippen LogP contribution < -0.4 is 5.32 Å². The van der Waals surface area contributed by atoms with Crippen molar-refractivity contribution in [3.8, 4) is 11.1 Å². The predicted octanol–water partition coefficient (Wildman–Crippen LogP) is 5.94. The number of aromatic nitrogens is 1. The summed E-state index contributed by atoms with van der Waals surface area (Å²) in [6, 6.07) is 9.05. The van der Waals surface area contributed by atoms with Crippen LogP contribution in [0.4, 0.5) is 5.69 Å². The normalized spacial score (nSPS) is 11.7. The third kappa shape index (κ3) is 5.46. The van der Waals surface area contributed by atoms with Gasteiger partial charge in [-0.1, -0.05) is 36.9 Å². The van der Waals surface area contributed by atoms with Crippen LogP contribution in [0.1, 0.15) is 25.0 Å². The van der Waals surface area contributed by atoms with E-state index in [4.69, 9.17) is 0 Å². The van der Waals surface area contributed by atoms with Crippen LogP contribution in [0.15, 0.2) is 80.3 Å². The minimum atomic E-state index is 0.416. The molecule has 0 aliphatic heterocycles. The second kappa shape index (κ2) is 10.3. The first-order chi connectivity index (χ1) is 13.5. The average molecular weight is 374 g/mol. The van der Waals surface area contributed by atoms with E-state index in [-0.39, 0.29) is 0 Å². The number of benzene rings is 1. The molecule has 0 bridgehead atoms. The van der Waals surface area contributed by atoms with Crippen LogP contribution in [0.25, 0.3) is 16.7 Å². The summed E-state index contributed by atoms with van der Waals surface area (Å²) in [5.74, 6) is 0. The Morgan fingerprint density at radius 3 is 2.61 bits per heavy atom. The van der Waals surface area contributed by atoms with E-state index in [1.807, 2.05) is 31.6 Å². The Kier molecular flexibility index (Phi) is 7.82. The topological polar surface area (TPSA) is 28.2 Å². The predicted molar refractivity (Wildman–Crippen MR) is 123 cm³/mol. The number of nitrogens with zero attached hydrogens (tertiary/aromatic N) is 2. The molecule has 0 spiro atoms. The van der Waals surface area contributed by atoms with Crippen LogP contribution in [0.2, 0.25) is 0 Å². The van der Waals surface area contributed by atoms with E-state index < -0.39 is 0 Å². The number of pyridine rings is 1. The number of hydrogen-bond donors (Lipinski definition) is 1. The van der Waals surface area contributed by atoms with Gasteiger partial charge in [0, 0.05) is 55.5 Å². The minimum absolute atomic E-state index is 0.416. The van der Waals surface area contributed by atoms with Crippen LogP contribution in [0, 0.1) is 0 Å². The SMILES string of the molecule is C=C/C=C\C(=C/N(C)C(C)C)c1cncc(-c2ccc(NC)c(CC=C)c2)c1. The van der Waals surface area contributed by atoms with Crippen molar-refractivity contribution in [3.63, 3.8) is 0 Å². The van der Waals surface area contributed by atoms with Crippen molar-refractivity contribution < 1.29 is 0 Å². The van der Waals surface area contributed by atoms with Crippen LogP contribution in [-0.2, 0) is 6.42 Å². The number of anilines is 1. The van der Waals surface area contributed by atoms with Gasteiger partial charge in [0.15, 0.2) is 0 Å². The van der Waals surface area contributed by atoms with E-state index in [2.05, 4.69) is 85.8 Å². The fourth-order valence-electron chi connectivity index (χ4n) is 2.85. The molecule has 1 heterocycles. The van der Waals surface area contributed by atoms with Gasteiger partial charge in [-0.15, -0.1) is 6.58 Å². The molecule has 0 radical (unpaired) electrons. The molecule has 0 aliphatic carbocycles. The lowest BCUT2D eigenvalue weighted by Gasteiger charge is -2.20. The molecule has 0 aliphatic rings. The molecule has 28 heavy (non-hydrogen) atoms. The Morgan fingerprint density at radius 2 is 1.96 bits per heavy atom.